The average molecular weight is 218 g/mol. The molecule has 0 aliphatic rings. The lowest BCUT2D eigenvalue weighted by atomic mass is 10.4. The Labute approximate surface area is 90.9 Å². The second kappa shape index (κ2) is 5.88. The second-order valence-electron chi connectivity index (χ2n) is 5.55. The first-order valence-corrected chi connectivity index (χ1v) is 9.17. The van der Waals surface area contributed by atoms with E-state index in [1.165, 1.54) is 12.8 Å². The molecular weight excluding hydrogens is 190 g/mol. The van der Waals surface area contributed by atoms with Crippen molar-refractivity contribution in [1.29, 1.82) is 0 Å². The van der Waals surface area contributed by atoms with Crippen LogP contribution in [0.1, 0.15) is 19.8 Å². The molecular formula is C11H28NOSi+. The fraction of sp³-hybridized carbons (Fsp3) is 1.00. The van der Waals surface area contributed by atoms with E-state index in [1.807, 2.05) is 0 Å². The van der Waals surface area contributed by atoms with Crippen LogP contribution in [0.3, 0.4) is 0 Å². The van der Waals surface area contributed by atoms with Gasteiger partial charge in [-0.3, -0.25) is 0 Å². The van der Waals surface area contributed by atoms with Gasteiger partial charge in [0.05, 0.1) is 27.2 Å². The summed E-state index contributed by atoms with van der Waals surface area (Å²) < 4.78 is 6.76. The average Bonchev–Trinajstić information content (AvgIpc) is 2.02. The van der Waals surface area contributed by atoms with Crippen molar-refractivity contribution in [3.8, 4) is 0 Å². The molecule has 0 aromatic carbocycles. The molecule has 0 rings (SSSR count). The predicted octanol–water partition coefficient (Wildman–Crippen LogP) is 2.71. The number of hydrogen-bond donors (Lipinski definition) is 0. The molecule has 0 radical (unpaired) electrons. The van der Waals surface area contributed by atoms with E-state index in [9.17, 15) is 0 Å². The highest BCUT2D eigenvalue weighted by molar-refractivity contribution is 6.68. The smallest absolute Gasteiger partial charge is 0.276 e. The molecule has 0 unspecified atom stereocenters. The first-order chi connectivity index (χ1) is 6.31. The van der Waals surface area contributed by atoms with E-state index in [0.717, 1.165) is 23.9 Å². The van der Waals surface area contributed by atoms with Crippen LogP contribution in [0.15, 0.2) is 0 Å². The van der Waals surface area contributed by atoms with Gasteiger partial charge >= 0.3 is 0 Å². The van der Waals surface area contributed by atoms with E-state index in [-0.39, 0.29) is 0 Å². The largest absolute Gasteiger partial charge is 0.387 e. The summed E-state index contributed by atoms with van der Waals surface area (Å²) in [7, 11) is 3.56. The Morgan fingerprint density at radius 2 is 1.64 bits per heavy atom. The molecule has 0 N–H and O–H groups in total. The lowest BCUT2D eigenvalue weighted by Gasteiger charge is -2.41. The molecule has 2 nitrogen and oxygen atoms in total. The number of rotatable bonds is 7. The van der Waals surface area contributed by atoms with Crippen molar-refractivity contribution in [2.24, 2.45) is 0 Å². The van der Waals surface area contributed by atoms with Crippen LogP contribution in [0.5, 0.6) is 0 Å². The van der Waals surface area contributed by atoms with Crippen LogP contribution in [-0.2, 0) is 4.74 Å². The lowest BCUT2D eigenvalue weighted by molar-refractivity contribution is -0.791. The van der Waals surface area contributed by atoms with Gasteiger partial charge in [-0.05, 0) is 26.1 Å². The Bertz CT molecular complexity index is 152. The summed E-state index contributed by atoms with van der Waals surface area (Å²) in [5.41, 5.74) is 0. The number of likely N-dealkylation sites (N-methyl/N-ethyl adjacent to an activating group) is 1. The number of ether oxygens (including phenoxy) is 1. The summed E-state index contributed by atoms with van der Waals surface area (Å²) in [5, 5.41) is 0. The molecule has 0 saturated heterocycles. The minimum atomic E-state index is -1.10. The summed E-state index contributed by atoms with van der Waals surface area (Å²) in [4.78, 5) is 0. The van der Waals surface area contributed by atoms with Gasteiger partial charge in [0.2, 0.25) is 0 Å². The Balaban J connectivity index is 3.67. The zero-order valence-electron chi connectivity index (χ0n) is 10.9. The zero-order valence-corrected chi connectivity index (χ0v) is 11.9. The van der Waals surface area contributed by atoms with Gasteiger partial charge in [-0.25, -0.2) is 0 Å². The van der Waals surface area contributed by atoms with Crippen LogP contribution in [0.2, 0.25) is 19.6 Å². The molecule has 14 heavy (non-hydrogen) atoms. The normalized spacial score (nSPS) is 13.3. The first kappa shape index (κ1) is 14.1. The quantitative estimate of drug-likeness (QED) is 0.472. The number of hydrogen-bond acceptors (Lipinski definition) is 1. The van der Waals surface area contributed by atoms with Crippen LogP contribution in [0.4, 0.5) is 0 Å². The highest BCUT2D eigenvalue weighted by Gasteiger charge is 2.35. The van der Waals surface area contributed by atoms with Crippen molar-refractivity contribution in [1.82, 2.24) is 0 Å². The number of unbranched alkanes of at least 4 members (excludes halogenated alkanes) is 1. The van der Waals surface area contributed by atoms with Crippen molar-refractivity contribution in [3.63, 3.8) is 0 Å². The summed E-state index contributed by atoms with van der Waals surface area (Å²) in [6, 6.07) is 0. The predicted molar refractivity (Wildman–Crippen MR) is 66.0 cm³/mol. The SMILES string of the molecule is CCCCOCC[N+](C)(C)[Si](C)(C)C. The van der Waals surface area contributed by atoms with E-state index >= 15 is 0 Å². The third-order valence-electron chi connectivity index (χ3n) is 3.25. The maximum absolute atomic E-state index is 5.61. The van der Waals surface area contributed by atoms with Crippen molar-refractivity contribution < 1.29 is 8.89 Å². The molecule has 0 atom stereocenters. The van der Waals surface area contributed by atoms with E-state index in [4.69, 9.17) is 4.74 Å². The van der Waals surface area contributed by atoms with E-state index < -0.39 is 8.24 Å². The van der Waals surface area contributed by atoms with Crippen molar-refractivity contribution >= 4 is 8.24 Å². The Hall–Kier alpha value is 0.137. The number of nitrogens with zero attached hydrogens (tertiary/aromatic N) is 1. The van der Waals surface area contributed by atoms with Crippen LogP contribution in [0, 0.1) is 0 Å². The van der Waals surface area contributed by atoms with Crippen molar-refractivity contribution in [2.75, 3.05) is 33.9 Å². The molecule has 3 heteroatoms. The molecule has 0 aromatic heterocycles. The molecule has 0 aromatic rings. The Morgan fingerprint density at radius 1 is 1.07 bits per heavy atom. The van der Waals surface area contributed by atoms with Crippen LogP contribution in [0.25, 0.3) is 0 Å². The third kappa shape index (κ3) is 5.13. The highest BCUT2D eigenvalue weighted by atomic mass is 28.3. The topological polar surface area (TPSA) is 9.23 Å². The van der Waals surface area contributed by atoms with Gasteiger partial charge in [-0.2, -0.15) is 0 Å². The van der Waals surface area contributed by atoms with E-state index in [0.29, 0.717) is 0 Å². The molecule has 0 heterocycles. The second-order valence-corrected chi connectivity index (χ2v) is 11.1. The van der Waals surface area contributed by atoms with Gasteiger partial charge in [0.25, 0.3) is 8.24 Å². The molecule has 0 bridgehead atoms. The molecule has 0 amide bonds. The third-order valence-corrected chi connectivity index (χ3v) is 7.11. The fourth-order valence-corrected chi connectivity index (χ4v) is 1.74. The van der Waals surface area contributed by atoms with Crippen LogP contribution >= 0.6 is 0 Å². The summed E-state index contributed by atoms with van der Waals surface area (Å²) in [5.74, 6) is 0. The van der Waals surface area contributed by atoms with E-state index in [1.54, 1.807) is 0 Å². The maximum Gasteiger partial charge on any atom is 0.276 e. The standard InChI is InChI=1S/C11H28NOSi/c1-7-8-10-13-11-9-12(2,3)14(4,5)6/h7-11H2,1-6H3/q+1. The first-order valence-electron chi connectivity index (χ1n) is 5.72. The summed E-state index contributed by atoms with van der Waals surface area (Å²) in [6.07, 6.45) is 2.42. The molecule has 0 saturated carbocycles. The Kier molecular flexibility index (Phi) is 5.94. The van der Waals surface area contributed by atoms with Crippen LogP contribution in [-0.4, -0.2) is 46.2 Å². The van der Waals surface area contributed by atoms with Crippen LogP contribution < -0.4 is 0 Å². The fourth-order valence-electron chi connectivity index (χ4n) is 0.977. The molecule has 0 aliphatic carbocycles. The van der Waals surface area contributed by atoms with Gasteiger partial charge in [0.15, 0.2) is 0 Å². The van der Waals surface area contributed by atoms with Crippen molar-refractivity contribution in [3.05, 3.63) is 0 Å². The molecule has 0 aliphatic heterocycles. The van der Waals surface area contributed by atoms with Gasteiger partial charge < -0.3 is 8.89 Å². The summed E-state index contributed by atoms with van der Waals surface area (Å²) >= 11 is 0. The maximum atomic E-state index is 5.61. The van der Waals surface area contributed by atoms with Gasteiger partial charge in [0, 0.05) is 6.61 Å². The van der Waals surface area contributed by atoms with E-state index in [2.05, 4.69) is 40.7 Å². The zero-order chi connectivity index (χ0) is 11.2. The molecule has 86 valence electrons. The Morgan fingerprint density at radius 3 is 2.07 bits per heavy atom. The van der Waals surface area contributed by atoms with Gasteiger partial charge in [-0.1, -0.05) is 13.3 Å². The summed E-state index contributed by atoms with van der Waals surface area (Å²) in [6.45, 7) is 12.4. The monoisotopic (exact) mass is 218 g/mol. The number of quaternary nitrogens is 1. The van der Waals surface area contributed by atoms with Gasteiger partial charge in [0.1, 0.15) is 0 Å². The molecule has 0 fully saturated rings. The minimum Gasteiger partial charge on any atom is -0.387 e. The minimum absolute atomic E-state index is 0.914. The van der Waals surface area contributed by atoms with Crippen molar-refractivity contribution in [2.45, 2.75) is 39.4 Å². The highest BCUT2D eigenvalue weighted by Crippen LogP contribution is 2.14. The molecule has 0 spiro atoms. The van der Waals surface area contributed by atoms with Gasteiger partial charge in [-0.15, -0.1) is 0 Å². The lowest BCUT2D eigenvalue weighted by Crippen LogP contribution is -2.59.